The first-order chi connectivity index (χ1) is 8.15. The van der Waals surface area contributed by atoms with Crippen molar-refractivity contribution in [2.24, 2.45) is 11.8 Å². The van der Waals surface area contributed by atoms with Crippen LogP contribution in [0.1, 0.15) is 38.4 Å². The fraction of sp³-hybridized carbons (Fsp3) is 0.692. The first-order valence-electron chi connectivity index (χ1n) is 6.47. The maximum absolute atomic E-state index is 11.3. The predicted octanol–water partition coefficient (Wildman–Crippen LogP) is 2.32. The van der Waals surface area contributed by atoms with Crippen molar-refractivity contribution in [1.29, 1.82) is 0 Å². The lowest BCUT2D eigenvalue weighted by Crippen LogP contribution is -2.25. The van der Waals surface area contributed by atoms with Gasteiger partial charge in [0.05, 0.1) is 0 Å². The fourth-order valence-corrected chi connectivity index (χ4v) is 2.60. The molecular weight excluding hydrogens is 214 g/mol. The Hall–Kier alpha value is -1.32. The Morgan fingerprint density at radius 2 is 2.24 bits per heavy atom. The van der Waals surface area contributed by atoms with Crippen LogP contribution in [-0.2, 0) is 0 Å². The average Bonchev–Trinajstić information content (AvgIpc) is 2.27. The molecule has 2 unspecified atom stereocenters. The van der Waals surface area contributed by atoms with E-state index in [0.717, 1.165) is 12.5 Å². The van der Waals surface area contributed by atoms with Crippen molar-refractivity contribution in [2.75, 3.05) is 11.9 Å². The maximum atomic E-state index is 11.3. The standard InChI is InChI=1S/C13H21N3O/c1-9-5-3-4-6-11(9)8-14-12-7-13(17)16-10(2)15-12/h7,9,11H,3-6,8H2,1-2H3,(H2,14,15,16,17). The summed E-state index contributed by atoms with van der Waals surface area (Å²) < 4.78 is 0. The van der Waals surface area contributed by atoms with Crippen LogP contribution in [0.2, 0.25) is 0 Å². The van der Waals surface area contributed by atoms with Crippen LogP contribution in [0, 0.1) is 18.8 Å². The molecule has 0 spiro atoms. The van der Waals surface area contributed by atoms with Crippen molar-refractivity contribution in [3.05, 3.63) is 22.2 Å². The Balaban J connectivity index is 1.94. The molecule has 0 bridgehead atoms. The molecule has 0 saturated heterocycles. The van der Waals surface area contributed by atoms with Gasteiger partial charge < -0.3 is 10.3 Å². The topological polar surface area (TPSA) is 57.8 Å². The van der Waals surface area contributed by atoms with Gasteiger partial charge in [-0.25, -0.2) is 4.98 Å². The van der Waals surface area contributed by atoms with E-state index in [1.165, 1.54) is 31.7 Å². The SMILES string of the molecule is Cc1nc(NCC2CCCCC2C)cc(=O)[nH]1. The van der Waals surface area contributed by atoms with E-state index in [1.807, 2.05) is 0 Å². The fourth-order valence-electron chi connectivity index (χ4n) is 2.60. The zero-order valence-electron chi connectivity index (χ0n) is 10.6. The van der Waals surface area contributed by atoms with Crippen LogP contribution < -0.4 is 10.9 Å². The number of nitrogens with zero attached hydrogens (tertiary/aromatic N) is 1. The molecule has 1 aliphatic rings. The molecule has 1 heterocycles. The van der Waals surface area contributed by atoms with E-state index in [4.69, 9.17) is 0 Å². The Kier molecular flexibility index (Phi) is 3.82. The van der Waals surface area contributed by atoms with Crippen molar-refractivity contribution < 1.29 is 0 Å². The van der Waals surface area contributed by atoms with Gasteiger partial charge in [-0.15, -0.1) is 0 Å². The highest BCUT2D eigenvalue weighted by Crippen LogP contribution is 2.29. The highest BCUT2D eigenvalue weighted by atomic mass is 16.1. The van der Waals surface area contributed by atoms with Crippen LogP contribution in [0.25, 0.3) is 0 Å². The third kappa shape index (κ3) is 3.32. The number of H-pyrrole nitrogens is 1. The van der Waals surface area contributed by atoms with E-state index in [2.05, 4.69) is 22.2 Å². The Bertz CT molecular complexity index is 427. The minimum Gasteiger partial charge on any atom is -0.370 e. The normalized spacial score (nSPS) is 24.6. The quantitative estimate of drug-likeness (QED) is 0.845. The van der Waals surface area contributed by atoms with Crippen LogP contribution in [0.4, 0.5) is 5.82 Å². The number of aromatic nitrogens is 2. The van der Waals surface area contributed by atoms with Crippen molar-refractivity contribution in [3.63, 3.8) is 0 Å². The maximum Gasteiger partial charge on any atom is 0.252 e. The van der Waals surface area contributed by atoms with E-state index < -0.39 is 0 Å². The Morgan fingerprint density at radius 3 is 2.94 bits per heavy atom. The van der Waals surface area contributed by atoms with Crippen molar-refractivity contribution >= 4 is 5.82 Å². The average molecular weight is 235 g/mol. The van der Waals surface area contributed by atoms with Gasteiger partial charge in [0.25, 0.3) is 5.56 Å². The zero-order chi connectivity index (χ0) is 12.3. The molecule has 4 heteroatoms. The van der Waals surface area contributed by atoms with Crippen molar-refractivity contribution in [2.45, 2.75) is 39.5 Å². The predicted molar refractivity (Wildman–Crippen MR) is 69.2 cm³/mol. The van der Waals surface area contributed by atoms with Gasteiger partial charge in [0.1, 0.15) is 11.6 Å². The van der Waals surface area contributed by atoms with Gasteiger partial charge in [0, 0.05) is 12.6 Å². The van der Waals surface area contributed by atoms with E-state index in [-0.39, 0.29) is 5.56 Å². The molecule has 1 fully saturated rings. The lowest BCUT2D eigenvalue weighted by molar-refractivity contribution is 0.268. The summed E-state index contributed by atoms with van der Waals surface area (Å²) in [5, 5.41) is 3.30. The molecule has 1 saturated carbocycles. The number of rotatable bonds is 3. The van der Waals surface area contributed by atoms with Gasteiger partial charge in [0.2, 0.25) is 0 Å². The van der Waals surface area contributed by atoms with Gasteiger partial charge in [-0.2, -0.15) is 0 Å². The molecule has 0 aliphatic heterocycles. The summed E-state index contributed by atoms with van der Waals surface area (Å²) >= 11 is 0. The third-order valence-corrected chi connectivity index (χ3v) is 3.69. The van der Waals surface area contributed by atoms with Crippen LogP contribution in [0.5, 0.6) is 0 Å². The minimum atomic E-state index is -0.0864. The second kappa shape index (κ2) is 5.34. The molecule has 2 rings (SSSR count). The summed E-state index contributed by atoms with van der Waals surface area (Å²) in [6.07, 6.45) is 5.31. The molecule has 0 radical (unpaired) electrons. The number of nitrogens with one attached hydrogen (secondary N) is 2. The second-order valence-electron chi connectivity index (χ2n) is 5.12. The summed E-state index contributed by atoms with van der Waals surface area (Å²) in [6.45, 7) is 5.05. The van der Waals surface area contributed by atoms with Gasteiger partial charge in [0.15, 0.2) is 0 Å². The monoisotopic (exact) mass is 235 g/mol. The zero-order valence-corrected chi connectivity index (χ0v) is 10.6. The number of aryl methyl sites for hydroxylation is 1. The van der Waals surface area contributed by atoms with Crippen molar-refractivity contribution in [3.8, 4) is 0 Å². The van der Waals surface area contributed by atoms with E-state index in [9.17, 15) is 4.79 Å². The number of hydrogen-bond acceptors (Lipinski definition) is 3. The minimum absolute atomic E-state index is 0.0864. The lowest BCUT2D eigenvalue weighted by Gasteiger charge is -2.28. The molecule has 2 atom stereocenters. The van der Waals surface area contributed by atoms with Gasteiger partial charge in [-0.05, 0) is 25.2 Å². The highest BCUT2D eigenvalue weighted by Gasteiger charge is 2.20. The Morgan fingerprint density at radius 1 is 1.47 bits per heavy atom. The molecular formula is C13H21N3O. The summed E-state index contributed by atoms with van der Waals surface area (Å²) in [5.41, 5.74) is -0.0864. The van der Waals surface area contributed by atoms with Crippen LogP contribution >= 0.6 is 0 Å². The lowest BCUT2D eigenvalue weighted by atomic mass is 9.80. The summed E-state index contributed by atoms with van der Waals surface area (Å²) in [4.78, 5) is 18.2. The van der Waals surface area contributed by atoms with Crippen LogP contribution in [-0.4, -0.2) is 16.5 Å². The number of aromatic amines is 1. The second-order valence-corrected chi connectivity index (χ2v) is 5.12. The first-order valence-corrected chi connectivity index (χ1v) is 6.47. The van der Waals surface area contributed by atoms with Gasteiger partial charge in [-0.1, -0.05) is 26.2 Å². The van der Waals surface area contributed by atoms with Crippen molar-refractivity contribution in [1.82, 2.24) is 9.97 Å². The molecule has 0 amide bonds. The van der Waals surface area contributed by atoms with Crippen LogP contribution in [0.3, 0.4) is 0 Å². The molecule has 17 heavy (non-hydrogen) atoms. The summed E-state index contributed by atoms with van der Waals surface area (Å²) in [7, 11) is 0. The molecule has 1 aromatic rings. The number of anilines is 1. The summed E-state index contributed by atoms with van der Waals surface area (Å²) in [6, 6.07) is 1.53. The van der Waals surface area contributed by atoms with Gasteiger partial charge in [-0.3, -0.25) is 4.79 Å². The molecule has 0 aromatic carbocycles. The van der Waals surface area contributed by atoms with E-state index >= 15 is 0 Å². The van der Waals surface area contributed by atoms with Crippen LogP contribution in [0.15, 0.2) is 10.9 Å². The van der Waals surface area contributed by atoms with E-state index in [1.54, 1.807) is 6.92 Å². The Labute approximate surface area is 102 Å². The first kappa shape index (κ1) is 12.1. The third-order valence-electron chi connectivity index (χ3n) is 3.69. The smallest absolute Gasteiger partial charge is 0.252 e. The largest absolute Gasteiger partial charge is 0.370 e. The van der Waals surface area contributed by atoms with E-state index in [0.29, 0.717) is 17.6 Å². The molecule has 4 nitrogen and oxygen atoms in total. The molecule has 1 aromatic heterocycles. The molecule has 1 aliphatic carbocycles. The molecule has 94 valence electrons. The molecule has 2 N–H and O–H groups in total. The highest BCUT2D eigenvalue weighted by molar-refractivity contribution is 5.32. The van der Waals surface area contributed by atoms with Gasteiger partial charge >= 0.3 is 0 Å². The summed E-state index contributed by atoms with van der Waals surface area (Å²) in [5.74, 6) is 2.85. The number of hydrogen-bond donors (Lipinski definition) is 2.